The summed E-state index contributed by atoms with van der Waals surface area (Å²) in [6.45, 7) is 0.784. The van der Waals surface area contributed by atoms with Crippen molar-refractivity contribution in [1.82, 2.24) is 14.5 Å². The molecule has 1 aliphatic rings. The van der Waals surface area contributed by atoms with Crippen molar-refractivity contribution in [3.8, 4) is 0 Å². The number of piperidine rings is 1. The van der Waals surface area contributed by atoms with Gasteiger partial charge in [0.1, 0.15) is 6.54 Å². The van der Waals surface area contributed by atoms with Crippen LogP contribution in [0.3, 0.4) is 0 Å². The molecule has 0 aromatic carbocycles. The summed E-state index contributed by atoms with van der Waals surface area (Å²) in [5.41, 5.74) is -1.11. The van der Waals surface area contributed by atoms with Crippen LogP contribution in [-0.4, -0.2) is 46.5 Å². The summed E-state index contributed by atoms with van der Waals surface area (Å²) in [6, 6.07) is 1.19. The van der Waals surface area contributed by atoms with Crippen molar-refractivity contribution in [3.63, 3.8) is 0 Å². The van der Waals surface area contributed by atoms with Crippen LogP contribution in [0.4, 0.5) is 0 Å². The van der Waals surface area contributed by atoms with Crippen LogP contribution in [0, 0.1) is 5.92 Å². The first-order chi connectivity index (χ1) is 10.0. The number of carbonyl (C=O) groups is 2. The maximum absolute atomic E-state index is 12.1. The lowest BCUT2D eigenvalue weighted by molar-refractivity contribution is -0.149. The van der Waals surface area contributed by atoms with Crippen LogP contribution >= 0.6 is 0 Å². The maximum atomic E-state index is 12.1. The Morgan fingerprint density at radius 3 is 2.57 bits per heavy atom. The number of hydrogen-bond donors (Lipinski definition) is 1. The number of carbonyl (C=O) groups excluding carboxylic acids is 2. The molecule has 8 heteroatoms. The first-order valence-corrected chi connectivity index (χ1v) is 6.66. The number of hydrogen-bond acceptors (Lipinski definition) is 5. The van der Waals surface area contributed by atoms with Gasteiger partial charge in [-0.15, -0.1) is 0 Å². The van der Waals surface area contributed by atoms with Crippen LogP contribution in [0.2, 0.25) is 0 Å². The van der Waals surface area contributed by atoms with Crippen LogP contribution in [0.25, 0.3) is 0 Å². The molecule has 0 aliphatic carbocycles. The van der Waals surface area contributed by atoms with Gasteiger partial charge in [-0.05, 0) is 12.8 Å². The molecule has 0 unspecified atom stereocenters. The van der Waals surface area contributed by atoms with Crippen LogP contribution < -0.4 is 11.2 Å². The highest BCUT2D eigenvalue weighted by molar-refractivity contribution is 5.77. The third-order valence-corrected chi connectivity index (χ3v) is 3.58. The molecule has 0 atom stereocenters. The van der Waals surface area contributed by atoms with Gasteiger partial charge in [0, 0.05) is 25.4 Å². The fourth-order valence-corrected chi connectivity index (χ4v) is 2.35. The fraction of sp³-hybridized carbons (Fsp3) is 0.538. The summed E-state index contributed by atoms with van der Waals surface area (Å²) < 4.78 is 5.84. The van der Waals surface area contributed by atoms with E-state index in [0.717, 1.165) is 4.57 Å². The van der Waals surface area contributed by atoms with Crippen molar-refractivity contribution in [2.75, 3.05) is 20.2 Å². The summed E-state index contributed by atoms with van der Waals surface area (Å²) in [5.74, 6) is -0.638. The topological polar surface area (TPSA) is 101 Å². The van der Waals surface area contributed by atoms with Gasteiger partial charge in [0.15, 0.2) is 0 Å². The summed E-state index contributed by atoms with van der Waals surface area (Å²) >= 11 is 0. The predicted octanol–water partition coefficient (Wildman–Crippen LogP) is -1.05. The number of likely N-dealkylation sites (tertiary alicyclic amines) is 1. The number of nitrogens with one attached hydrogen (secondary N) is 1. The SMILES string of the molecule is COC(=O)C1CCN(C(=O)Cn2ccc(=O)[nH]c2=O)CC1. The molecule has 1 N–H and O–H groups in total. The Labute approximate surface area is 120 Å². The summed E-state index contributed by atoms with van der Waals surface area (Å²) in [6.07, 6.45) is 2.40. The third kappa shape index (κ3) is 3.59. The Bertz CT molecular complexity index is 640. The summed E-state index contributed by atoms with van der Waals surface area (Å²) in [7, 11) is 1.35. The van der Waals surface area contributed by atoms with Gasteiger partial charge in [-0.2, -0.15) is 0 Å². The quantitative estimate of drug-likeness (QED) is 0.717. The zero-order valence-electron chi connectivity index (χ0n) is 11.7. The molecule has 21 heavy (non-hydrogen) atoms. The monoisotopic (exact) mass is 295 g/mol. The number of nitrogens with zero attached hydrogens (tertiary/aromatic N) is 2. The minimum Gasteiger partial charge on any atom is -0.469 e. The van der Waals surface area contributed by atoms with Crippen molar-refractivity contribution in [3.05, 3.63) is 33.1 Å². The number of aromatic amines is 1. The number of amides is 1. The molecule has 1 aromatic rings. The average Bonchev–Trinajstić information content (AvgIpc) is 2.49. The molecule has 1 saturated heterocycles. The van der Waals surface area contributed by atoms with Crippen LogP contribution in [0.1, 0.15) is 12.8 Å². The molecule has 114 valence electrons. The van der Waals surface area contributed by atoms with Gasteiger partial charge in [0.25, 0.3) is 5.56 Å². The zero-order chi connectivity index (χ0) is 15.4. The molecule has 1 aromatic heterocycles. The van der Waals surface area contributed by atoms with E-state index in [1.54, 1.807) is 4.90 Å². The minimum atomic E-state index is -0.611. The average molecular weight is 295 g/mol. The van der Waals surface area contributed by atoms with Crippen molar-refractivity contribution in [1.29, 1.82) is 0 Å². The molecule has 0 radical (unpaired) electrons. The molecule has 1 fully saturated rings. The molecular formula is C13H17N3O5. The molecule has 2 heterocycles. The van der Waals surface area contributed by atoms with Gasteiger partial charge in [-0.1, -0.05) is 0 Å². The van der Waals surface area contributed by atoms with Crippen molar-refractivity contribution < 1.29 is 14.3 Å². The van der Waals surface area contributed by atoms with E-state index in [1.807, 2.05) is 0 Å². The molecule has 0 bridgehead atoms. The first-order valence-electron chi connectivity index (χ1n) is 6.66. The molecule has 0 saturated carbocycles. The van der Waals surface area contributed by atoms with Crippen LogP contribution in [0.5, 0.6) is 0 Å². The lowest BCUT2D eigenvalue weighted by atomic mass is 9.97. The van der Waals surface area contributed by atoms with E-state index in [4.69, 9.17) is 0 Å². The normalized spacial score (nSPS) is 15.8. The van der Waals surface area contributed by atoms with E-state index < -0.39 is 11.2 Å². The van der Waals surface area contributed by atoms with Crippen LogP contribution in [0.15, 0.2) is 21.9 Å². The number of methoxy groups -OCH3 is 1. The van der Waals surface area contributed by atoms with Gasteiger partial charge < -0.3 is 9.64 Å². The highest BCUT2D eigenvalue weighted by Crippen LogP contribution is 2.18. The standard InChI is InChI=1S/C13H17N3O5/c1-21-12(19)9-2-5-15(6-3-9)11(18)8-16-7-4-10(17)14-13(16)20/h4,7,9H,2-3,5-6,8H2,1H3,(H,14,17,20). The second-order valence-electron chi connectivity index (χ2n) is 4.92. The van der Waals surface area contributed by atoms with Gasteiger partial charge in [-0.3, -0.25) is 23.9 Å². The largest absolute Gasteiger partial charge is 0.469 e. The Kier molecular flexibility index (Phi) is 4.56. The molecular weight excluding hydrogens is 278 g/mol. The first kappa shape index (κ1) is 15.0. The lowest BCUT2D eigenvalue weighted by Crippen LogP contribution is -2.43. The number of H-pyrrole nitrogens is 1. The van der Waals surface area contributed by atoms with E-state index >= 15 is 0 Å². The van der Waals surface area contributed by atoms with Gasteiger partial charge >= 0.3 is 11.7 Å². The highest BCUT2D eigenvalue weighted by atomic mass is 16.5. The Balaban J connectivity index is 1.95. The predicted molar refractivity (Wildman–Crippen MR) is 72.6 cm³/mol. The molecule has 2 rings (SSSR count). The van der Waals surface area contributed by atoms with Gasteiger partial charge in [0.2, 0.25) is 5.91 Å². The fourth-order valence-electron chi connectivity index (χ4n) is 2.35. The number of rotatable bonds is 3. The molecule has 0 spiro atoms. The number of aromatic nitrogens is 2. The van der Waals surface area contributed by atoms with Gasteiger partial charge in [-0.25, -0.2) is 4.79 Å². The van der Waals surface area contributed by atoms with Crippen molar-refractivity contribution >= 4 is 11.9 Å². The van der Waals surface area contributed by atoms with Gasteiger partial charge in [0.05, 0.1) is 13.0 Å². The summed E-state index contributed by atoms with van der Waals surface area (Å²) in [5, 5.41) is 0. The minimum absolute atomic E-state index is 0.126. The van der Waals surface area contributed by atoms with Crippen LogP contribution in [-0.2, 0) is 20.9 Å². The maximum Gasteiger partial charge on any atom is 0.328 e. The van der Waals surface area contributed by atoms with E-state index in [1.165, 1.54) is 19.4 Å². The Morgan fingerprint density at radius 2 is 2.00 bits per heavy atom. The van der Waals surface area contributed by atoms with Crippen molar-refractivity contribution in [2.24, 2.45) is 5.92 Å². The van der Waals surface area contributed by atoms with E-state index in [2.05, 4.69) is 9.72 Å². The second-order valence-corrected chi connectivity index (χ2v) is 4.92. The highest BCUT2D eigenvalue weighted by Gasteiger charge is 2.27. The molecule has 1 amide bonds. The Morgan fingerprint density at radius 1 is 1.33 bits per heavy atom. The number of ether oxygens (including phenoxy) is 1. The second kappa shape index (κ2) is 6.38. The Hall–Kier alpha value is -2.38. The smallest absolute Gasteiger partial charge is 0.328 e. The van der Waals surface area contributed by atoms with E-state index in [9.17, 15) is 19.2 Å². The van der Waals surface area contributed by atoms with E-state index in [0.29, 0.717) is 25.9 Å². The molecule has 8 nitrogen and oxygen atoms in total. The lowest BCUT2D eigenvalue weighted by Gasteiger charge is -2.30. The third-order valence-electron chi connectivity index (χ3n) is 3.58. The summed E-state index contributed by atoms with van der Waals surface area (Å²) in [4.78, 5) is 49.7. The van der Waals surface area contributed by atoms with E-state index in [-0.39, 0.29) is 24.3 Å². The van der Waals surface area contributed by atoms with Crippen molar-refractivity contribution in [2.45, 2.75) is 19.4 Å². The molecule has 1 aliphatic heterocycles. The number of esters is 1. The zero-order valence-corrected chi connectivity index (χ0v) is 11.7.